The Balaban J connectivity index is 1.82. The van der Waals surface area contributed by atoms with Crippen molar-refractivity contribution in [1.29, 1.82) is 0 Å². The highest BCUT2D eigenvalue weighted by molar-refractivity contribution is 7.19. The first-order chi connectivity index (χ1) is 17.8. The van der Waals surface area contributed by atoms with Gasteiger partial charge in [0.2, 0.25) is 0 Å². The third-order valence-electron chi connectivity index (χ3n) is 5.10. The van der Waals surface area contributed by atoms with E-state index in [9.17, 15) is 19.2 Å². The van der Waals surface area contributed by atoms with Crippen LogP contribution in [0, 0.1) is 6.92 Å². The van der Waals surface area contributed by atoms with Gasteiger partial charge in [0.25, 0.3) is 11.8 Å². The van der Waals surface area contributed by atoms with Gasteiger partial charge in [-0.15, -0.1) is 11.3 Å². The number of hydrogen-bond acceptors (Lipinski definition) is 9. The molecule has 0 aliphatic heterocycles. The van der Waals surface area contributed by atoms with Gasteiger partial charge >= 0.3 is 11.9 Å². The van der Waals surface area contributed by atoms with E-state index in [0.29, 0.717) is 17.1 Å². The molecule has 2 N–H and O–H groups in total. The van der Waals surface area contributed by atoms with Crippen molar-refractivity contribution >= 4 is 45.8 Å². The second-order valence-corrected chi connectivity index (χ2v) is 8.51. The summed E-state index contributed by atoms with van der Waals surface area (Å²) in [6, 6.07) is 13.1. The van der Waals surface area contributed by atoms with Gasteiger partial charge in [-0.2, -0.15) is 0 Å². The summed E-state index contributed by atoms with van der Waals surface area (Å²) in [5.74, 6) is -1.31. The summed E-state index contributed by atoms with van der Waals surface area (Å²) in [6.45, 7) is 3.00. The van der Waals surface area contributed by atoms with E-state index in [0.717, 1.165) is 11.3 Å². The Kier molecular flexibility index (Phi) is 9.22. The van der Waals surface area contributed by atoms with E-state index in [4.69, 9.17) is 18.9 Å². The van der Waals surface area contributed by atoms with Crippen LogP contribution in [0.25, 0.3) is 0 Å². The zero-order valence-electron chi connectivity index (χ0n) is 20.7. The van der Waals surface area contributed by atoms with Gasteiger partial charge in [-0.25, -0.2) is 9.59 Å². The molecule has 0 bridgehead atoms. The lowest BCUT2D eigenvalue weighted by Crippen LogP contribution is -2.21. The Labute approximate surface area is 217 Å². The van der Waals surface area contributed by atoms with Crippen molar-refractivity contribution in [3.05, 3.63) is 70.1 Å². The minimum absolute atomic E-state index is 0.0658. The van der Waals surface area contributed by atoms with E-state index < -0.39 is 23.8 Å². The predicted octanol–water partition coefficient (Wildman–Crippen LogP) is 4.30. The molecule has 3 aromatic rings. The van der Waals surface area contributed by atoms with Crippen molar-refractivity contribution in [2.24, 2.45) is 0 Å². The number of ether oxygens (including phenoxy) is 4. The van der Waals surface area contributed by atoms with E-state index in [-0.39, 0.29) is 39.9 Å². The number of thiophene rings is 1. The van der Waals surface area contributed by atoms with Gasteiger partial charge in [-0.1, -0.05) is 12.1 Å². The Hall–Kier alpha value is -4.38. The van der Waals surface area contributed by atoms with E-state index in [1.807, 2.05) is 0 Å². The first-order valence-corrected chi connectivity index (χ1v) is 12.0. The maximum Gasteiger partial charge on any atom is 0.341 e. The summed E-state index contributed by atoms with van der Waals surface area (Å²) in [5.41, 5.74) is 0.796. The number of carbonyl (C=O) groups excluding carboxylic acids is 4. The number of rotatable bonds is 10. The molecule has 0 spiro atoms. The van der Waals surface area contributed by atoms with E-state index in [1.54, 1.807) is 63.4 Å². The maximum atomic E-state index is 13.1. The average molecular weight is 527 g/mol. The molecule has 37 heavy (non-hydrogen) atoms. The monoisotopic (exact) mass is 526 g/mol. The number of esters is 2. The number of nitrogens with one attached hydrogen (secondary N) is 2. The van der Waals surface area contributed by atoms with Crippen LogP contribution < -0.4 is 20.1 Å². The van der Waals surface area contributed by atoms with Crippen molar-refractivity contribution in [3.8, 4) is 11.5 Å². The molecule has 2 amide bonds. The highest BCUT2D eigenvalue weighted by Crippen LogP contribution is 2.34. The predicted molar refractivity (Wildman–Crippen MR) is 138 cm³/mol. The second-order valence-electron chi connectivity index (χ2n) is 7.48. The summed E-state index contributed by atoms with van der Waals surface area (Å²) in [5, 5.41) is 5.46. The highest BCUT2D eigenvalue weighted by Gasteiger charge is 2.27. The van der Waals surface area contributed by atoms with Gasteiger partial charge in [0, 0.05) is 0 Å². The van der Waals surface area contributed by atoms with Crippen LogP contribution >= 0.6 is 11.3 Å². The normalized spacial score (nSPS) is 10.3. The van der Waals surface area contributed by atoms with Crippen LogP contribution in [0.3, 0.4) is 0 Å². The van der Waals surface area contributed by atoms with E-state index in [1.165, 1.54) is 13.2 Å². The smallest absolute Gasteiger partial charge is 0.341 e. The number of anilines is 2. The molecule has 0 radical (unpaired) electrons. The molecule has 2 aromatic carbocycles. The summed E-state index contributed by atoms with van der Waals surface area (Å²) < 4.78 is 20.5. The molecule has 1 heterocycles. The molecular weight excluding hydrogens is 500 g/mol. The van der Waals surface area contributed by atoms with Crippen molar-refractivity contribution in [2.45, 2.75) is 13.8 Å². The SMILES string of the molecule is CCOC(=O)c1c(NC(=O)COc2ccc(OC)cc2)sc(C(=O)Nc2ccccc2C(=O)OC)c1C. The summed E-state index contributed by atoms with van der Waals surface area (Å²) in [4.78, 5) is 50.7. The lowest BCUT2D eigenvalue weighted by Gasteiger charge is -2.09. The Bertz CT molecular complexity index is 1300. The molecule has 0 saturated heterocycles. The number of amides is 2. The van der Waals surface area contributed by atoms with E-state index in [2.05, 4.69) is 10.6 Å². The Morgan fingerprint density at radius 2 is 1.57 bits per heavy atom. The first kappa shape index (κ1) is 27.2. The van der Waals surface area contributed by atoms with Crippen molar-refractivity contribution in [3.63, 3.8) is 0 Å². The number of methoxy groups -OCH3 is 2. The van der Waals surface area contributed by atoms with Gasteiger partial charge < -0.3 is 29.6 Å². The first-order valence-electron chi connectivity index (χ1n) is 11.1. The fourth-order valence-electron chi connectivity index (χ4n) is 3.31. The highest BCUT2D eigenvalue weighted by atomic mass is 32.1. The molecule has 0 aliphatic carbocycles. The van der Waals surface area contributed by atoms with Crippen LogP contribution in [0.4, 0.5) is 10.7 Å². The summed E-state index contributed by atoms with van der Waals surface area (Å²) in [6.07, 6.45) is 0. The van der Waals surface area contributed by atoms with Crippen molar-refractivity contribution in [1.82, 2.24) is 0 Å². The van der Waals surface area contributed by atoms with Gasteiger partial charge in [0.15, 0.2) is 6.61 Å². The van der Waals surface area contributed by atoms with Crippen LogP contribution in [-0.4, -0.2) is 51.2 Å². The third-order valence-corrected chi connectivity index (χ3v) is 6.30. The average Bonchev–Trinajstić information content (AvgIpc) is 3.23. The molecule has 0 aliphatic rings. The number of para-hydroxylation sites is 1. The molecule has 11 heteroatoms. The van der Waals surface area contributed by atoms with Crippen LogP contribution in [-0.2, 0) is 14.3 Å². The van der Waals surface area contributed by atoms with Crippen LogP contribution in [0.15, 0.2) is 48.5 Å². The molecule has 0 fully saturated rings. The number of hydrogen-bond donors (Lipinski definition) is 2. The van der Waals surface area contributed by atoms with Crippen molar-refractivity contribution < 1.29 is 38.1 Å². The van der Waals surface area contributed by atoms with Crippen LogP contribution in [0.1, 0.15) is 42.9 Å². The molecule has 3 rings (SSSR count). The van der Waals surface area contributed by atoms with Gasteiger partial charge in [0.05, 0.1) is 42.5 Å². The second kappa shape index (κ2) is 12.5. The zero-order chi connectivity index (χ0) is 26.9. The Morgan fingerprint density at radius 1 is 0.892 bits per heavy atom. The lowest BCUT2D eigenvalue weighted by atomic mass is 10.1. The van der Waals surface area contributed by atoms with Crippen LogP contribution in [0.2, 0.25) is 0 Å². The quantitative estimate of drug-likeness (QED) is 0.374. The van der Waals surface area contributed by atoms with Gasteiger partial charge in [0.1, 0.15) is 16.5 Å². The standard InChI is InChI=1S/C26H26N2O8S/c1-5-35-26(32)21-15(2)22(23(30)27-19-9-7-6-8-18(19)25(31)34-4)37-24(21)28-20(29)14-36-17-12-10-16(33-3)11-13-17/h6-13H,5,14H2,1-4H3,(H,27,30)(H,28,29). The van der Waals surface area contributed by atoms with Gasteiger partial charge in [-0.3, -0.25) is 9.59 Å². The van der Waals surface area contributed by atoms with Crippen molar-refractivity contribution in [2.75, 3.05) is 38.1 Å². The summed E-state index contributed by atoms with van der Waals surface area (Å²) >= 11 is 0.910. The topological polar surface area (TPSA) is 129 Å². The fourth-order valence-corrected chi connectivity index (χ4v) is 4.42. The molecule has 194 valence electrons. The van der Waals surface area contributed by atoms with E-state index >= 15 is 0 Å². The van der Waals surface area contributed by atoms with Crippen LogP contribution in [0.5, 0.6) is 11.5 Å². The molecule has 0 atom stereocenters. The maximum absolute atomic E-state index is 13.1. The lowest BCUT2D eigenvalue weighted by molar-refractivity contribution is -0.118. The van der Waals surface area contributed by atoms with Gasteiger partial charge in [-0.05, 0) is 55.8 Å². The minimum atomic E-state index is -0.684. The zero-order valence-corrected chi connectivity index (χ0v) is 21.5. The Morgan fingerprint density at radius 3 is 2.22 bits per heavy atom. The largest absolute Gasteiger partial charge is 0.497 e. The molecule has 0 saturated carbocycles. The fraction of sp³-hybridized carbons (Fsp3) is 0.231. The summed E-state index contributed by atoms with van der Waals surface area (Å²) in [7, 11) is 2.78. The molecule has 0 unspecified atom stereocenters. The molecular formula is C26H26N2O8S. The third kappa shape index (κ3) is 6.64. The minimum Gasteiger partial charge on any atom is -0.497 e. The molecule has 1 aromatic heterocycles. The number of carbonyl (C=O) groups is 4. The number of benzene rings is 2. The molecule has 10 nitrogen and oxygen atoms in total.